The molecule has 1 N–H and O–H groups in total. The Morgan fingerprint density at radius 2 is 1.67 bits per heavy atom. The summed E-state index contributed by atoms with van der Waals surface area (Å²) in [6.45, 7) is 6.95. The van der Waals surface area contributed by atoms with E-state index in [-0.39, 0.29) is 0 Å². The molecule has 0 saturated heterocycles. The molecule has 1 fully saturated rings. The maximum absolute atomic E-state index is 5.64. The fraction of sp³-hybridized carbons (Fsp3) is 1.00. The van der Waals surface area contributed by atoms with Crippen molar-refractivity contribution in [3.8, 4) is 0 Å². The molecule has 0 amide bonds. The van der Waals surface area contributed by atoms with Crippen LogP contribution in [0.5, 0.6) is 0 Å². The zero-order valence-corrected chi connectivity index (χ0v) is 12.2. The van der Waals surface area contributed by atoms with E-state index < -0.39 is 0 Å². The molecule has 0 aromatic rings. The highest BCUT2D eigenvalue weighted by Gasteiger charge is 2.40. The molecule has 0 aliphatic heterocycles. The lowest BCUT2D eigenvalue weighted by atomic mass is 9.82. The fourth-order valence-corrected chi connectivity index (χ4v) is 2.39. The predicted octanol–water partition coefficient (Wildman–Crippen LogP) is 1.69. The molecule has 4 nitrogen and oxygen atoms in total. The van der Waals surface area contributed by atoms with Gasteiger partial charge in [0.1, 0.15) is 0 Å². The molecule has 0 spiro atoms. The SMILES string of the molecule is CNCC(C)(CCOCCOCCOC)C1CC1. The van der Waals surface area contributed by atoms with Gasteiger partial charge in [-0.15, -0.1) is 0 Å². The summed E-state index contributed by atoms with van der Waals surface area (Å²) in [4.78, 5) is 0. The van der Waals surface area contributed by atoms with Crippen molar-refractivity contribution in [3.63, 3.8) is 0 Å². The monoisotopic (exact) mass is 259 g/mol. The molecule has 1 unspecified atom stereocenters. The summed E-state index contributed by atoms with van der Waals surface area (Å²) in [5.41, 5.74) is 0.408. The highest BCUT2D eigenvalue weighted by atomic mass is 16.5. The Balaban J connectivity index is 1.98. The van der Waals surface area contributed by atoms with Crippen molar-refractivity contribution in [2.45, 2.75) is 26.2 Å². The van der Waals surface area contributed by atoms with Crippen LogP contribution in [-0.4, -0.2) is 53.7 Å². The van der Waals surface area contributed by atoms with Crippen LogP contribution in [0.1, 0.15) is 26.2 Å². The number of hydrogen-bond donors (Lipinski definition) is 1. The van der Waals surface area contributed by atoms with Crippen LogP contribution in [0, 0.1) is 11.3 Å². The molecule has 0 aromatic carbocycles. The van der Waals surface area contributed by atoms with Crippen molar-refractivity contribution in [1.82, 2.24) is 5.32 Å². The van der Waals surface area contributed by atoms with Crippen LogP contribution < -0.4 is 5.32 Å². The lowest BCUT2D eigenvalue weighted by Gasteiger charge is -2.29. The molecule has 1 aliphatic rings. The van der Waals surface area contributed by atoms with Crippen molar-refractivity contribution in [2.75, 3.05) is 53.7 Å². The second-order valence-corrected chi connectivity index (χ2v) is 5.43. The minimum atomic E-state index is 0.408. The van der Waals surface area contributed by atoms with E-state index in [0.29, 0.717) is 31.8 Å². The molecule has 1 rings (SSSR count). The van der Waals surface area contributed by atoms with Gasteiger partial charge in [-0.3, -0.25) is 0 Å². The molecule has 0 bridgehead atoms. The largest absolute Gasteiger partial charge is 0.382 e. The number of nitrogens with one attached hydrogen (secondary N) is 1. The van der Waals surface area contributed by atoms with E-state index in [1.807, 2.05) is 7.05 Å². The van der Waals surface area contributed by atoms with Crippen LogP contribution in [0.25, 0.3) is 0 Å². The van der Waals surface area contributed by atoms with Crippen LogP contribution in [0.15, 0.2) is 0 Å². The van der Waals surface area contributed by atoms with E-state index >= 15 is 0 Å². The average Bonchev–Trinajstić information content (AvgIpc) is 3.17. The topological polar surface area (TPSA) is 39.7 Å². The summed E-state index contributed by atoms with van der Waals surface area (Å²) in [5, 5.41) is 3.31. The third-order valence-electron chi connectivity index (χ3n) is 3.76. The van der Waals surface area contributed by atoms with E-state index in [1.54, 1.807) is 7.11 Å². The number of hydrogen-bond acceptors (Lipinski definition) is 4. The Bertz CT molecular complexity index is 209. The van der Waals surface area contributed by atoms with E-state index in [9.17, 15) is 0 Å². The number of rotatable bonds is 12. The average molecular weight is 259 g/mol. The summed E-state index contributed by atoms with van der Waals surface area (Å²) in [7, 11) is 3.71. The zero-order chi connectivity index (χ0) is 13.3. The first-order valence-electron chi connectivity index (χ1n) is 7.02. The maximum atomic E-state index is 5.64. The Morgan fingerprint density at radius 3 is 2.22 bits per heavy atom. The van der Waals surface area contributed by atoms with Crippen LogP contribution in [0.2, 0.25) is 0 Å². The van der Waals surface area contributed by atoms with Gasteiger partial charge in [0.2, 0.25) is 0 Å². The van der Waals surface area contributed by atoms with Crippen molar-refractivity contribution in [2.24, 2.45) is 11.3 Å². The van der Waals surface area contributed by atoms with Gasteiger partial charge in [-0.05, 0) is 37.6 Å². The zero-order valence-electron chi connectivity index (χ0n) is 12.2. The first-order valence-corrected chi connectivity index (χ1v) is 7.02. The molecule has 1 aliphatic carbocycles. The first-order chi connectivity index (χ1) is 8.73. The highest BCUT2D eigenvalue weighted by Crippen LogP contribution is 2.47. The van der Waals surface area contributed by atoms with Gasteiger partial charge in [-0.2, -0.15) is 0 Å². The van der Waals surface area contributed by atoms with E-state index in [0.717, 1.165) is 25.5 Å². The Morgan fingerprint density at radius 1 is 1.06 bits per heavy atom. The summed E-state index contributed by atoms with van der Waals surface area (Å²) >= 11 is 0. The minimum Gasteiger partial charge on any atom is -0.382 e. The molecule has 108 valence electrons. The van der Waals surface area contributed by atoms with Crippen LogP contribution in [0.3, 0.4) is 0 Å². The Hall–Kier alpha value is -0.160. The lowest BCUT2D eigenvalue weighted by Crippen LogP contribution is -2.33. The Labute approximate surface area is 111 Å². The molecule has 18 heavy (non-hydrogen) atoms. The van der Waals surface area contributed by atoms with Crippen molar-refractivity contribution in [3.05, 3.63) is 0 Å². The van der Waals surface area contributed by atoms with Crippen LogP contribution in [0.4, 0.5) is 0 Å². The lowest BCUT2D eigenvalue weighted by molar-refractivity contribution is 0.0160. The molecule has 0 radical (unpaired) electrons. The van der Waals surface area contributed by atoms with E-state index in [4.69, 9.17) is 14.2 Å². The van der Waals surface area contributed by atoms with Gasteiger partial charge >= 0.3 is 0 Å². The first kappa shape index (κ1) is 15.9. The molecule has 0 aromatic heterocycles. The van der Waals surface area contributed by atoms with Crippen LogP contribution >= 0.6 is 0 Å². The standard InChI is InChI=1S/C14H29NO3/c1-14(12-15-2,13-4-5-13)6-7-17-10-11-18-9-8-16-3/h13,15H,4-12H2,1-3H3. The van der Waals surface area contributed by atoms with E-state index in [2.05, 4.69) is 12.2 Å². The summed E-state index contributed by atoms with van der Waals surface area (Å²) < 4.78 is 15.9. The molecular weight excluding hydrogens is 230 g/mol. The summed E-state index contributed by atoms with van der Waals surface area (Å²) in [6.07, 6.45) is 3.91. The summed E-state index contributed by atoms with van der Waals surface area (Å²) in [5.74, 6) is 0.895. The van der Waals surface area contributed by atoms with Crippen molar-refractivity contribution >= 4 is 0 Å². The third-order valence-corrected chi connectivity index (χ3v) is 3.76. The van der Waals surface area contributed by atoms with Gasteiger partial charge in [-0.25, -0.2) is 0 Å². The van der Waals surface area contributed by atoms with Gasteiger partial charge in [-0.1, -0.05) is 6.92 Å². The molecule has 4 heteroatoms. The fourth-order valence-electron chi connectivity index (χ4n) is 2.39. The van der Waals surface area contributed by atoms with Gasteiger partial charge in [0.15, 0.2) is 0 Å². The molecular formula is C14H29NO3. The second-order valence-electron chi connectivity index (χ2n) is 5.43. The number of methoxy groups -OCH3 is 1. The van der Waals surface area contributed by atoms with Gasteiger partial charge in [0, 0.05) is 20.3 Å². The van der Waals surface area contributed by atoms with Gasteiger partial charge < -0.3 is 19.5 Å². The quantitative estimate of drug-likeness (QED) is 0.541. The smallest absolute Gasteiger partial charge is 0.0701 e. The summed E-state index contributed by atoms with van der Waals surface area (Å²) in [6, 6.07) is 0. The Kier molecular flexibility index (Phi) is 7.82. The maximum Gasteiger partial charge on any atom is 0.0701 e. The predicted molar refractivity (Wildman–Crippen MR) is 72.9 cm³/mol. The van der Waals surface area contributed by atoms with E-state index in [1.165, 1.54) is 12.8 Å². The molecule has 1 atom stereocenters. The molecule has 0 heterocycles. The van der Waals surface area contributed by atoms with Crippen molar-refractivity contribution in [1.29, 1.82) is 0 Å². The van der Waals surface area contributed by atoms with Crippen LogP contribution in [-0.2, 0) is 14.2 Å². The van der Waals surface area contributed by atoms with Gasteiger partial charge in [0.05, 0.1) is 26.4 Å². The second kappa shape index (κ2) is 8.86. The normalized spacial score (nSPS) is 18.8. The third kappa shape index (κ3) is 6.14. The van der Waals surface area contributed by atoms with Gasteiger partial charge in [0.25, 0.3) is 0 Å². The highest BCUT2D eigenvalue weighted by molar-refractivity contribution is 4.92. The minimum absolute atomic E-state index is 0.408. The molecule has 1 saturated carbocycles. The number of ether oxygens (including phenoxy) is 3. The van der Waals surface area contributed by atoms with Crippen molar-refractivity contribution < 1.29 is 14.2 Å².